The summed E-state index contributed by atoms with van der Waals surface area (Å²) in [7, 11) is 0. The lowest BCUT2D eigenvalue weighted by molar-refractivity contribution is 0.750. The Kier molecular flexibility index (Phi) is 8.67. The van der Waals surface area contributed by atoms with E-state index in [2.05, 4.69) is 212 Å². The van der Waals surface area contributed by atoms with Gasteiger partial charge >= 0.3 is 0 Å². The SMILES string of the molecule is C1=Cc2c(nc3ccccc3c2-c2ccc(C3NC(c4ccc(-c5c6ccccc6nc6ccccc56)cc4)=Nc4c(-c5ccccc5)cc(-c5ccccc5)cc43)cc2)CC1. The summed E-state index contributed by atoms with van der Waals surface area (Å²) in [6.45, 7) is 0. The smallest absolute Gasteiger partial charge is 0.134 e. The van der Waals surface area contributed by atoms with E-state index in [4.69, 9.17) is 15.0 Å². The first-order chi connectivity index (χ1) is 30.7. The molecular formula is C58H40N4. The van der Waals surface area contributed by atoms with Crippen molar-refractivity contribution in [1.29, 1.82) is 0 Å². The van der Waals surface area contributed by atoms with Gasteiger partial charge < -0.3 is 5.32 Å². The van der Waals surface area contributed by atoms with E-state index in [1.807, 2.05) is 0 Å². The Balaban J connectivity index is 1.02. The second-order valence-corrected chi connectivity index (χ2v) is 16.3. The first-order valence-electron chi connectivity index (χ1n) is 21.4. The number of fused-ring (bicyclic) bond motifs is 5. The third-order valence-electron chi connectivity index (χ3n) is 12.6. The first-order valence-corrected chi connectivity index (χ1v) is 21.4. The van der Waals surface area contributed by atoms with E-state index in [1.165, 1.54) is 44.5 Å². The van der Waals surface area contributed by atoms with E-state index in [0.29, 0.717) is 0 Å². The predicted molar refractivity (Wildman–Crippen MR) is 258 cm³/mol. The molecule has 1 aliphatic carbocycles. The minimum Gasteiger partial charge on any atom is -0.359 e. The molecule has 1 N–H and O–H groups in total. The van der Waals surface area contributed by atoms with Crippen LogP contribution in [0.25, 0.3) is 83.3 Å². The number of hydrogen-bond acceptors (Lipinski definition) is 4. The van der Waals surface area contributed by atoms with Gasteiger partial charge in [0.25, 0.3) is 0 Å². The van der Waals surface area contributed by atoms with Gasteiger partial charge in [-0.25, -0.2) is 9.98 Å². The zero-order valence-corrected chi connectivity index (χ0v) is 34.0. The van der Waals surface area contributed by atoms with Gasteiger partial charge in [-0.3, -0.25) is 4.98 Å². The van der Waals surface area contributed by atoms with E-state index >= 15 is 0 Å². The number of nitrogens with zero attached hydrogens (tertiary/aromatic N) is 3. The number of aromatic nitrogens is 2. The Bertz CT molecular complexity index is 3350. The lowest BCUT2D eigenvalue weighted by Gasteiger charge is -2.30. The summed E-state index contributed by atoms with van der Waals surface area (Å²) < 4.78 is 0. The molecule has 0 bridgehead atoms. The highest BCUT2D eigenvalue weighted by molar-refractivity contribution is 6.10. The summed E-state index contributed by atoms with van der Waals surface area (Å²) in [5, 5.41) is 7.44. The van der Waals surface area contributed by atoms with Crippen LogP contribution < -0.4 is 5.32 Å². The van der Waals surface area contributed by atoms with Crippen molar-refractivity contribution in [2.75, 3.05) is 0 Å². The number of para-hydroxylation sites is 3. The normalized spacial score (nSPS) is 14.3. The Morgan fingerprint density at radius 2 is 1.00 bits per heavy atom. The molecular weight excluding hydrogens is 753 g/mol. The average Bonchev–Trinajstić information content (AvgIpc) is 3.35. The second kappa shape index (κ2) is 14.9. The molecule has 0 radical (unpaired) electrons. The third-order valence-corrected chi connectivity index (χ3v) is 12.6. The largest absolute Gasteiger partial charge is 0.359 e. The van der Waals surface area contributed by atoms with Crippen LogP contribution in [0.4, 0.5) is 5.69 Å². The number of pyridine rings is 2. The highest BCUT2D eigenvalue weighted by Gasteiger charge is 2.28. The minimum atomic E-state index is -0.173. The monoisotopic (exact) mass is 792 g/mol. The molecule has 1 unspecified atom stereocenters. The van der Waals surface area contributed by atoms with E-state index in [-0.39, 0.29) is 6.04 Å². The van der Waals surface area contributed by atoms with Crippen molar-refractivity contribution in [3.05, 3.63) is 228 Å². The molecule has 4 heteroatoms. The van der Waals surface area contributed by atoms with Crippen LogP contribution in [-0.2, 0) is 6.42 Å². The van der Waals surface area contributed by atoms with E-state index in [1.54, 1.807) is 0 Å². The highest BCUT2D eigenvalue weighted by atomic mass is 15.1. The first kappa shape index (κ1) is 35.9. The topological polar surface area (TPSA) is 50.2 Å². The fraction of sp³-hybridized carbons (Fsp3) is 0.0517. The summed E-state index contributed by atoms with van der Waals surface area (Å²) >= 11 is 0. The molecule has 292 valence electrons. The summed E-state index contributed by atoms with van der Waals surface area (Å²) in [6.07, 6.45) is 6.52. The van der Waals surface area contributed by atoms with Gasteiger partial charge in [0.1, 0.15) is 5.84 Å². The molecule has 1 atom stereocenters. The fourth-order valence-corrected chi connectivity index (χ4v) is 9.57. The van der Waals surface area contributed by atoms with Gasteiger partial charge in [0.15, 0.2) is 0 Å². The van der Waals surface area contributed by atoms with Crippen molar-refractivity contribution in [3.63, 3.8) is 0 Å². The Labute approximate surface area is 360 Å². The molecule has 62 heavy (non-hydrogen) atoms. The van der Waals surface area contributed by atoms with Crippen LogP contribution in [0.2, 0.25) is 0 Å². The molecule has 0 saturated heterocycles. The van der Waals surface area contributed by atoms with Gasteiger partial charge in [-0.05, 0) is 76.6 Å². The third kappa shape index (κ3) is 6.19. The Morgan fingerprint density at radius 1 is 0.452 bits per heavy atom. The van der Waals surface area contributed by atoms with Crippen molar-refractivity contribution < 1.29 is 0 Å². The van der Waals surface area contributed by atoms with Gasteiger partial charge in [-0.2, -0.15) is 0 Å². The number of rotatable bonds is 6. The molecule has 0 spiro atoms. The van der Waals surface area contributed by atoms with Crippen LogP contribution in [-0.4, -0.2) is 15.8 Å². The van der Waals surface area contributed by atoms with Crippen molar-refractivity contribution in [3.8, 4) is 44.5 Å². The number of nitrogens with one attached hydrogen (secondary N) is 1. The van der Waals surface area contributed by atoms with Crippen LogP contribution in [0.1, 0.15) is 40.4 Å². The number of benzene rings is 8. The number of amidine groups is 1. The minimum absolute atomic E-state index is 0.173. The summed E-state index contributed by atoms with van der Waals surface area (Å²) in [4.78, 5) is 15.6. The van der Waals surface area contributed by atoms with Crippen LogP contribution in [0.3, 0.4) is 0 Å². The second-order valence-electron chi connectivity index (χ2n) is 16.3. The Hall–Kier alpha value is -7.95. The van der Waals surface area contributed by atoms with Crippen LogP contribution in [0.15, 0.2) is 205 Å². The molecule has 0 fully saturated rings. The summed E-state index contributed by atoms with van der Waals surface area (Å²) in [6, 6.07) is 69.3. The molecule has 2 aliphatic rings. The maximum atomic E-state index is 5.53. The molecule has 10 aromatic rings. The molecule has 8 aromatic carbocycles. The van der Waals surface area contributed by atoms with Crippen molar-refractivity contribution in [2.45, 2.75) is 18.9 Å². The van der Waals surface area contributed by atoms with Crippen LogP contribution >= 0.6 is 0 Å². The van der Waals surface area contributed by atoms with E-state index < -0.39 is 0 Å². The van der Waals surface area contributed by atoms with Gasteiger partial charge in [0.2, 0.25) is 0 Å². The summed E-state index contributed by atoms with van der Waals surface area (Å²) in [5.41, 5.74) is 19.1. The van der Waals surface area contributed by atoms with Crippen molar-refractivity contribution in [2.24, 2.45) is 4.99 Å². The summed E-state index contributed by atoms with van der Waals surface area (Å²) in [5.74, 6) is 0.839. The van der Waals surface area contributed by atoms with Crippen molar-refractivity contribution >= 4 is 50.3 Å². The molecule has 3 heterocycles. The van der Waals surface area contributed by atoms with E-state index in [9.17, 15) is 0 Å². The predicted octanol–water partition coefficient (Wildman–Crippen LogP) is 14.3. The lowest BCUT2D eigenvalue weighted by Crippen LogP contribution is -2.33. The zero-order valence-electron chi connectivity index (χ0n) is 34.0. The molecule has 12 rings (SSSR count). The maximum Gasteiger partial charge on any atom is 0.134 e. The standard InChI is InChI=1S/C58H40N4/c1-3-15-37(16-4-1)43-35-48(38-17-5-2-6-18-38)57-49(36-43)56(41-31-27-39(28-32-41)54-44-19-7-11-23-50(44)59-51-24-12-8-20-45(51)54)61-58(62-57)42-33-29-40(30-34-42)55-46-21-9-13-25-52(46)60-53-26-14-10-22-47(53)55/h1-11,13-23,25-36,56H,12,24H2,(H,61,62). The Morgan fingerprint density at radius 3 is 1.68 bits per heavy atom. The number of aliphatic imine (C=N–C) groups is 1. The van der Waals surface area contributed by atoms with Gasteiger partial charge in [-0.15, -0.1) is 0 Å². The lowest BCUT2D eigenvalue weighted by atomic mass is 9.86. The zero-order chi connectivity index (χ0) is 41.0. The fourth-order valence-electron chi connectivity index (χ4n) is 9.57. The number of allylic oxidation sites excluding steroid dienone is 1. The van der Waals surface area contributed by atoms with Crippen LogP contribution in [0, 0.1) is 0 Å². The average molecular weight is 793 g/mol. The molecule has 1 aliphatic heterocycles. The number of hydrogen-bond donors (Lipinski definition) is 1. The quantitative estimate of drug-likeness (QED) is 0.171. The van der Waals surface area contributed by atoms with Crippen molar-refractivity contribution in [1.82, 2.24) is 15.3 Å². The van der Waals surface area contributed by atoms with Gasteiger partial charge in [0.05, 0.1) is 28.3 Å². The van der Waals surface area contributed by atoms with E-state index in [0.717, 1.165) is 85.1 Å². The highest BCUT2D eigenvalue weighted by Crippen LogP contribution is 2.45. The van der Waals surface area contributed by atoms with Gasteiger partial charge in [0, 0.05) is 55.2 Å². The molecule has 0 amide bonds. The molecule has 0 saturated carbocycles. The molecule has 4 nitrogen and oxygen atoms in total. The van der Waals surface area contributed by atoms with Crippen LogP contribution in [0.5, 0.6) is 0 Å². The molecule has 2 aromatic heterocycles. The maximum absolute atomic E-state index is 5.53. The van der Waals surface area contributed by atoms with Gasteiger partial charge in [-0.1, -0.05) is 176 Å². The number of aryl methyl sites for hydroxylation is 1.